The van der Waals surface area contributed by atoms with Gasteiger partial charge in [-0.25, -0.2) is 4.98 Å². The van der Waals surface area contributed by atoms with E-state index in [2.05, 4.69) is 15.7 Å². The summed E-state index contributed by atoms with van der Waals surface area (Å²) in [7, 11) is 0. The fourth-order valence-corrected chi connectivity index (χ4v) is 2.35. The molecule has 0 aromatic carbocycles. The predicted molar refractivity (Wildman–Crippen MR) is 70.7 cm³/mol. The van der Waals surface area contributed by atoms with Crippen LogP contribution in [0.4, 0.5) is 0 Å². The van der Waals surface area contributed by atoms with E-state index in [1.807, 2.05) is 6.92 Å². The molecule has 0 amide bonds. The molecule has 3 nitrogen and oxygen atoms in total. The molecular formula is C12H23N3S. The SMILES string of the molecule is Cc1csc(CNCCCCCCCN)n1. The van der Waals surface area contributed by atoms with Crippen molar-refractivity contribution in [3.05, 3.63) is 16.1 Å². The predicted octanol–water partition coefficient (Wildman–Crippen LogP) is 2.45. The van der Waals surface area contributed by atoms with E-state index in [0.29, 0.717) is 0 Å². The molecule has 0 aliphatic heterocycles. The number of unbranched alkanes of at least 4 members (excludes halogenated alkanes) is 4. The normalized spacial score (nSPS) is 10.9. The first-order valence-corrected chi connectivity index (χ1v) is 7.02. The van der Waals surface area contributed by atoms with Gasteiger partial charge in [-0.3, -0.25) is 0 Å². The first-order valence-electron chi connectivity index (χ1n) is 6.14. The van der Waals surface area contributed by atoms with Crippen LogP contribution in [0, 0.1) is 6.92 Å². The van der Waals surface area contributed by atoms with Crippen molar-refractivity contribution in [1.82, 2.24) is 10.3 Å². The van der Waals surface area contributed by atoms with Crippen LogP contribution >= 0.6 is 11.3 Å². The first kappa shape index (κ1) is 13.6. The van der Waals surface area contributed by atoms with Crippen LogP contribution in [0.15, 0.2) is 5.38 Å². The first-order chi connectivity index (χ1) is 7.83. The summed E-state index contributed by atoms with van der Waals surface area (Å²) < 4.78 is 0. The quantitative estimate of drug-likeness (QED) is 0.653. The zero-order valence-electron chi connectivity index (χ0n) is 10.2. The van der Waals surface area contributed by atoms with Gasteiger partial charge in [0.25, 0.3) is 0 Å². The lowest BCUT2D eigenvalue weighted by molar-refractivity contribution is 0.576. The Morgan fingerprint density at radius 1 is 1.25 bits per heavy atom. The molecular weight excluding hydrogens is 218 g/mol. The minimum absolute atomic E-state index is 0.835. The van der Waals surface area contributed by atoms with Crippen molar-refractivity contribution in [1.29, 1.82) is 0 Å². The molecule has 1 heterocycles. The maximum atomic E-state index is 5.44. The molecule has 0 radical (unpaired) electrons. The highest BCUT2D eigenvalue weighted by Crippen LogP contribution is 2.08. The maximum Gasteiger partial charge on any atom is 0.107 e. The van der Waals surface area contributed by atoms with E-state index in [9.17, 15) is 0 Å². The molecule has 0 aliphatic carbocycles. The summed E-state index contributed by atoms with van der Waals surface area (Å²) in [5, 5.41) is 6.73. The number of nitrogens with one attached hydrogen (secondary N) is 1. The van der Waals surface area contributed by atoms with Crippen molar-refractivity contribution >= 4 is 11.3 Å². The van der Waals surface area contributed by atoms with E-state index in [1.165, 1.54) is 37.1 Å². The third-order valence-corrected chi connectivity index (χ3v) is 3.47. The van der Waals surface area contributed by atoms with Gasteiger partial charge in [0.05, 0.1) is 0 Å². The Hall–Kier alpha value is -0.450. The maximum absolute atomic E-state index is 5.44. The van der Waals surface area contributed by atoms with Gasteiger partial charge in [-0.2, -0.15) is 0 Å². The molecule has 0 saturated heterocycles. The van der Waals surface area contributed by atoms with Gasteiger partial charge in [-0.1, -0.05) is 19.3 Å². The van der Waals surface area contributed by atoms with Crippen molar-refractivity contribution in [2.45, 2.75) is 45.6 Å². The molecule has 92 valence electrons. The number of hydrogen-bond donors (Lipinski definition) is 2. The summed E-state index contributed by atoms with van der Waals surface area (Å²) in [6.45, 7) is 4.89. The van der Waals surface area contributed by atoms with Crippen LogP contribution in [0.2, 0.25) is 0 Å². The van der Waals surface area contributed by atoms with Crippen molar-refractivity contribution in [3.63, 3.8) is 0 Å². The second-order valence-electron chi connectivity index (χ2n) is 4.12. The lowest BCUT2D eigenvalue weighted by Gasteiger charge is -2.02. The van der Waals surface area contributed by atoms with Crippen LogP contribution in [0.5, 0.6) is 0 Å². The Kier molecular flexibility index (Phi) is 7.38. The second-order valence-corrected chi connectivity index (χ2v) is 5.06. The zero-order chi connectivity index (χ0) is 11.6. The van der Waals surface area contributed by atoms with Crippen molar-refractivity contribution in [3.8, 4) is 0 Å². The van der Waals surface area contributed by atoms with Gasteiger partial charge >= 0.3 is 0 Å². The number of thiazole rings is 1. The largest absolute Gasteiger partial charge is 0.330 e. The van der Waals surface area contributed by atoms with Crippen LogP contribution in [0.3, 0.4) is 0 Å². The molecule has 0 unspecified atom stereocenters. The molecule has 0 fully saturated rings. The molecule has 0 atom stereocenters. The number of hydrogen-bond acceptors (Lipinski definition) is 4. The van der Waals surface area contributed by atoms with Gasteiger partial charge in [0.1, 0.15) is 5.01 Å². The highest BCUT2D eigenvalue weighted by Gasteiger charge is 1.97. The highest BCUT2D eigenvalue weighted by molar-refractivity contribution is 7.09. The third-order valence-electron chi connectivity index (χ3n) is 2.50. The Morgan fingerprint density at radius 2 is 2.00 bits per heavy atom. The van der Waals surface area contributed by atoms with E-state index in [-0.39, 0.29) is 0 Å². The van der Waals surface area contributed by atoms with Crippen molar-refractivity contribution in [2.75, 3.05) is 13.1 Å². The number of rotatable bonds is 9. The molecule has 1 rings (SSSR count). The third kappa shape index (κ3) is 6.20. The number of nitrogens with zero attached hydrogens (tertiary/aromatic N) is 1. The van der Waals surface area contributed by atoms with Gasteiger partial charge in [0, 0.05) is 17.6 Å². The minimum Gasteiger partial charge on any atom is -0.330 e. The van der Waals surface area contributed by atoms with Gasteiger partial charge in [0.2, 0.25) is 0 Å². The summed E-state index contributed by atoms with van der Waals surface area (Å²) in [6.07, 6.45) is 6.34. The molecule has 16 heavy (non-hydrogen) atoms. The summed E-state index contributed by atoms with van der Waals surface area (Å²) in [6, 6.07) is 0. The summed E-state index contributed by atoms with van der Waals surface area (Å²) in [5.41, 5.74) is 6.57. The van der Waals surface area contributed by atoms with Crippen LogP contribution in [-0.2, 0) is 6.54 Å². The molecule has 0 aliphatic rings. The second kappa shape index (κ2) is 8.67. The lowest BCUT2D eigenvalue weighted by Crippen LogP contribution is -2.14. The number of aromatic nitrogens is 1. The fraction of sp³-hybridized carbons (Fsp3) is 0.750. The Morgan fingerprint density at radius 3 is 2.69 bits per heavy atom. The van der Waals surface area contributed by atoms with Crippen LogP contribution in [0.1, 0.15) is 42.8 Å². The highest BCUT2D eigenvalue weighted by atomic mass is 32.1. The van der Waals surface area contributed by atoms with Crippen LogP contribution < -0.4 is 11.1 Å². The summed E-state index contributed by atoms with van der Waals surface area (Å²) in [4.78, 5) is 4.41. The Bertz CT molecular complexity index is 273. The summed E-state index contributed by atoms with van der Waals surface area (Å²) >= 11 is 1.74. The van der Waals surface area contributed by atoms with E-state index in [0.717, 1.165) is 25.3 Å². The van der Waals surface area contributed by atoms with E-state index in [1.54, 1.807) is 11.3 Å². The van der Waals surface area contributed by atoms with Gasteiger partial charge in [-0.15, -0.1) is 11.3 Å². The fourth-order valence-electron chi connectivity index (χ4n) is 1.60. The van der Waals surface area contributed by atoms with E-state index in [4.69, 9.17) is 5.73 Å². The van der Waals surface area contributed by atoms with Crippen LogP contribution in [0.25, 0.3) is 0 Å². The van der Waals surface area contributed by atoms with Crippen molar-refractivity contribution in [2.24, 2.45) is 5.73 Å². The molecule has 0 bridgehead atoms. The number of aryl methyl sites for hydroxylation is 1. The minimum atomic E-state index is 0.835. The summed E-state index contributed by atoms with van der Waals surface area (Å²) in [5.74, 6) is 0. The molecule has 1 aromatic heterocycles. The molecule has 1 aromatic rings. The number of nitrogens with two attached hydrogens (primary N) is 1. The standard InChI is InChI=1S/C12H23N3S/c1-11-10-16-12(15-11)9-14-8-6-4-2-3-5-7-13/h10,14H,2-9,13H2,1H3. The van der Waals surface area contributed by atoms with Crippen LogP contribution in [-0.4, -0.2) is 18.1 Å². The average molecular weight is 241 g/mol. The Labute approximate surface area is 102 Å². The Balaban J connectivity index is 1.88. The van der Waals surface area contributed by atoms with Gasteiger partial charge in [0.15, 0.2) is 0 Å². The van der Waals surface area contributed by atoms with Gasteiger partial charge < -0.3 is 11.1 Å². The lowest BCUT2D eigenvalue weighted by atomic mass is 10.1. The monoisotopic (exact) mass is 241 g/mol. The van der Waals surface area contributed by atoms with Crippen molar-refractivity contribution < 1.29 is 0 Å². The molecule has 0 saturated carbocycles. The topological polar surface area (TPSA) is 50.9 Å². The van der Waals surface area contributed by atoms with Gasteiger partial charge in [-0.05, 0) is 32.9 Å². The molecule has 0 spiro atoms. The van der Waals surface area contributed by atoms with E-state index < -0.39 is 0 Å². The average Bonchev–Trinajstić information content (AvgIpc) is 2.68. The zero-order valence-corrected chi connectivity index (χ0v) is 11.0. The molecule has 4 heteroatoms. The van der Waals surface area contributed by atoms with E-state index >= 15 is 0 Å². The molecule has 3 N–H and O–H groups in total. The smallest absolute Gasteiger partial charge is 0.107 e.